The van der Waals surface area contributed by atoms with Gasteiger partial charge in [0.2, 0.25) is 5.95 Å². The molecular weight excluding hydrogens is 314 g/mol. The molecule has 0 radical (unpaired) electrons. The minimum atomic E-state index is -0.386. The quantitative estimate of drug-likeness (QED) is 0.567. The number of ether oxygens (including phenoxy) is 1. The lowest BCUT2D eigenvalue weighted by Crippen LogP contribution is -2.08. The van der Waals surface area contributed by atoms with Gasteiger partial charge in [-0.25, -0.2) is 14.8 Å². The minimum Gasteiger partial charge on any atom is -0.423 e. The standard InChI is InChI=1S/C20H19N3O2/c1-13-6-4-7-16(10-13)19(24)25-18-9-5-8-17(12-18)23-20-21-14(2)11-15(3)22-20/h4-12H,1-3H3,(H,21,22,23). The minimum absolute atomic E-state index is 0.386. The van der Waals surface area contributed by atoms with Gasteiger partial charge in [0.25, 0.3) is 0 Å². The number of nitrogens with zero attached hydrogens (tertiary/aromatic N) is 2. The van der Waals surface area contributed by atoms with Gasteiger partial charge >= 0.3 is 5.97 Å². The number of aryl methyl sites for hydroxylation is 3. The van der Waals surface area contributed by atoms with Gasteiger partial charge in [0.05, 0.1) is 5.56 Å². The molecule has 0 saturated heterocycles. The molecule has 0 saturated carbocycles. The fourth-order valence-electron chi connectivity index (χ4n) is 2.49. The second-order valence-electron chi connectivity index (χ2n) is 5.89. The van der Waals surface area contributed by atoms with Crippen LogP contribution in [0.3, 0.4) is 0 Å². The number of nitrogens with one attached hydrogen (secondary N) is 1. The van der Waals surface area contributed by atoms with Gasteiger partial charge in [-0.15, -0.1) is 0 Å². The number of rotatable bonds is 4. The Kier molecular flexibility index (Phi) is 4.75. The van der Waals surface area contributed by atoms with E-state index in [1.54, 1.807) is 24.3 Å². The average Bonchev–Trinajstić information content (AvgIpc) is 2.54. The zero-order chi connectivity index (χ0) is 17.8. The molecule has 0 bridgehead atoms. The van der Waals surface area contributed by atoms with E-state index in [4.69, 9.17) is 4.74 Å². The summed E-state index contributed by atoms with van der Waals surface area (Å²) in [4.78, 5) is 21.0. The van der Waals surface area contributed by atoms with E-state index in [1.165, 1.54) is 0 Å². The summed E-state index contributed by atoms with van der Waals surface area (Å²) >= 11 is 0. The van der Waals surface area contributed by atoms with Gasteiger partial charge in [-0.1, -0.05) is 23.8 Å². The van der Waals surface area contributed by atoms with E-state index in [9.17, 15) is 4.79 Å². The molecular formula is C20H19N3O2. The predicted octanol–water partition coefficient (Wildman–Crippen LogP) is 4.36. The van der Waals surface area contributed by atoms with Crippen molar-refractivity contribution >= 4 is 17.6 Å². The molecule has 0 aliphatic carbocycles. The monoisotopic (exact) mass is 333 g/mol. The molecule has 0 atom stereocenters. The molecule has 0 fully saturated rings. The third kappa shape index (κ3) is 4.41. The molecule has 0 amide bonds. The molecule has 0 spiro atoms. The SMILES string of the molecule is Cc1cccc(C(=O)Oc2cccc(Nc3nc(C)cc(C)n3)c2)c1. The Morgan fingerprint density at radius 2 is 1.64 bits per heavy atom. The fourth-order valence-corrected chi connectivity index (χ4v) is 2.49. The Balaban J connectivity index is 1.76. The summed E-state index contributed by atoms with van der Waals surface area (Å²) in [6.07, 6.45) is 0. The lowest BCUT2D eigenvalue weighted by molar-refractivity contribution is 0.0735. The molecule has 1 N–H and O–H groups in total. The predicted molar refractivity (Wildman–Crippen MR) is 97.4 cm³/mol. The molecule has 0 aliphatic rings. The topological polar surface area (TPSA) is 64.1 Å². The number of hydrogen-bond acceptors (Lipinski definition) is 5. The summed E-state index contributed by atoms with van der Waals surface area (Å²) in [5, 5.41) is 3.13. The van der Waals surface area contributed by atoms with Crippen molar-refractivity contribution in [2.45, 2.75) is 20.8 Å². The van der Waals surface area contributed by atoms with E-state index in [-0.39, 0.29) is 5.97 Å². The molecule has 3 rings (SSSR count). The van der Waals surface area contributed by atoms with Crippen molar-refractivity contribution < 1.29 is 9.53 Å². The summed E-state index contributed by atoms with van der Waals surface area (Å²) in [6.45, 7) is 5.77. The molecule has 5 heteroatoms. The van der Waals surface area contributed by atoms with Gasteiger partial charge in [0, 0.05) is 23.1 Å². The summed E-state index contributed by atoms with van der Waals surface area (Å²) in [7, 11) is 0. The highest BCUT2D eigenvalue weighted by Gasteiger charge is 2.09. The smallest absolute Gasteiger partial charge is 0.343 e. The van der Waals surface area contributed by atoms with E-state index >= 15 is 0 Å². The molecule has 0 aliphatic heterocycles. The Labute approximate surface area is 146 Å². The van der Waals surface area contributed by atoms with Crippen molar-refractivity contribution in [2.75, 3.05) is 5.32 Å². The van der Waals surface area contributed by atoms with Crippen LogP contribution in [0.5, 0.6) is 5.75 Å². The fraction of sp³-hybridized carbons (Fsp3) is 0.150. The summed E-state index contributed by atoms with van der Waals surface area (Å²) in [6, 6.07) is 16.4. The molecule has 3 aromatic rings. The van der Waals surface area contributed by atoms with Crippen LogP contribution in [0.1, 0.15) is 27.3 Å². The van der Waals surface area contributed by atoms with Crippen LogP contribution in [0, 0.1) is 20.8 Å². The highest BCUT2D eigenvalue weighted by atomic mass is 16.5. The van der Waals surface area contributed by atoms with E-state index in [1.807, 2.05) is 51.1 Å². The Bertz CT molecular complexity index is 902. The normalized spacial score (nSPS) is 10.4. The molecule has 1 heterocycles. The third-order valence-electron chi connectivity index (χ3n) is 3.54. The third-order valence-corrected chi connectivity index (χ3v) is 3.54. The number of anilines is 2. The molecule has 25 heavy (non-hydrogen) atoms. The maximum Gasteiger partial charge on any atom is 0.343 e. The van der Waals surface area contributed by atoms with E-state index in [0.717, 1.165) is 22.6 Å². The summed E-state index contributed by atoms with van der Waals surface area (Å²) < 4.78 is 5.46. The van der Waals surface area contributed by atoms with Crippen molar-refractivity contribution in [1.29, 1.82) is 0 Å². The summed E-state index contributed by atoms with van der Waals surface area (Å²) in [5.41, 5.74) is 4.06. The zero-order valence-corrected chi connectivity index (χ0v) is 14.4. The lowest BCUT2D eigenvalue weighted by atomic mass is 10.1. The van der Waals surface area contributed by atoms with Gasteiger partial charge in [0.1, 0.15) is 5.75 Å². The van der Waals surface area contributed by atoms with Crippen LogP contribution < -0.4 is 10.1 Å². The first-order chi connectivity index (χ1) is 12.0. The molecule has 126 valence electrons. The number of esters is 1. The van der Waals surface area contributed by atoms with Crippen LogP contribution in [0.2, 0.25) is 0 Å². The van der Waals surface area contributed by atoms with Crippen molar-refractivity contribution in [3.05, 3.63) is 77.1 Å². The maximum atomic E-state index is 12.3. The Morgan fingerprint density at radius 3 is 2.36 bits per heavy atom. The highest BCUT2D eigenvalue weighted by Crippen LogP contribution is 2.21. The molecule has 0 unspecified atom stereocenters. The van der Waals surface area contributed by atoms with Crippen molar-refractivity contribution in [1.82, 2.24) is 9.97 Å². The zero-order valence-electron chi connectivity index (χ0n) is 14.4. The molecule has 1 aromatic heterocycles. The Morgan fingerprint density at radius 1 is 0.920 bits per heavy atom. The van der Waals surface area contributed by atoms with E-state index in [0.29, 0.717) is 17.3 Å². The van der Waals surface area contributed by atoms with E-state index < -0.39 is 0 Å². The maximum absolute atomic E-state index is 12.3. The number of aromatic nitrogens is 2. The van der Waals surface area contributed by atoms with Crippen LogP contribution >= 0.6 is 0 Å². The lowest BCUT2D eigenvalue weighted by Gasteiger charge is -2.09. The second-order valence-corrected chi connectivity index (χ2v) is 5.89. The van der Waals surface area contributed by atoms with Crippen LogP contribution in [0.4, 0.5) is 11.6 Å². The van der Waals surface area contributed by atoms with Crippen LogP contribution in [0.15, 0.2) is 54.6 Å². The summed E-state index contributed by atoms with van der Waals surface area (Å²) in [5.74, 6) is 0.587. The first-order valence-electron chi connectivity index (χ1n) is 7.98. The van der Waals surface area contributed by atoms with Gasteiger partial charge in [-0.2, -0.15) is 0 Å². The second kappa shape index (κ2) is 7.13. The van der Waals surface area contributed by atoms with Gasteiger partial charge in [-0.3, -0.25) is 0 Å². The molecule has 5 nitrogen and oxygen atoms in total. The van der Waals surface area contributed by atoms with Crippen LogP contribution in [-0.4, -0.2) is 15.9 Å². The first kappa shape index (κ1) is 16.6. The van der Waals surface area contributed by atoms with Crippen molar-refractivity contribution in [2.24, 2.45) is 0 Å². The number of hydrogen-bond donors (Lipinski definition) is 1. The number of carbonyl (C=O) groups is 1. The number of carbonyl (C=O) groups excluding carboxylic acids is 1. The van der Waals surface area contributed by atoms with Gasteiger partial charge in [-0.05, 0) is 51.1 Å². The van der Waals surface area contributed by atoms with Crippen LogP contribution in [-0.2, 0) is 0 Å². The average molecular weight is 333 g/mol. The van der Waals surface area contributed by atoms with Crippen molar-refractivity contribution in [3.63, 3.8) is 0 Å². The highest BCUT2D eigenvalue weighted by molar-refractivity contribution is 5.91. The van der Waals surface area contributed by atoms with E-state index in [2.05, 4.69) is 15.3 Å². The first-order valence-corrected chi connectivity index (χ1v) is 7.98. The Hall–Kier alpha value is -3.21. The van der Waals surface area contributed by atoms with Crippen molar-refractivity contribution in [3.8, 4) is 5.75 Å². The number of benzene rings is 2. The van der Waals surface area contributed by atoms with Crippen LogP contribution in [0.25, 0.3) is 0 Å². The largest absolute Gasteiger partial charge is 0.423 e. The van der Waals surface area contributed by atoms with Gasteiger partial charge in [0.15, 0.2) is 0 Å². The molecule has 2 aromatic carbocycles. The van der Waals surface area contributed by atoms with Gasteiger partial charge < -0.3 is 10.1 Å².